The molecule has 1 aliphatic heterocycles. The van der Waals surface area contributed by atoms with Crippen LogP contribution < -0.4 is 4.74 Å². The van der Waals surface area contributed by atoms with Crippen molar-refractivity contribution >= 4 is 17.3 Å². The number of nitrogens with zero attached hydrogens (tertiary/aromatic N) is 3. The molecule has 0 saturated carbocycles. The monoisotopic (exact) mass is 371 g/mol. The van der Waals surface area contributed by atoms with Crippen LogP contribution in [0.4, 0.5) is 22.0 Å². The van der Waals surface area contributed by atoms with E-state index in [4.69, 9.17) is 4.74 Å². The summed E-state index contributed by atoms with van der Waals surface area (Å²) in [5.74, 6) is -2.81. The van der Waals surface area contributed by atoms with Crippen molar-refractivity contribution in [2.75, 3.05) is 19.7 Å². The third-order valence-corrected chi connectivity index (χ3v) is 4.11. The highest BCUT2D eigenvalue weighted by atomic mass is 32.1. The maximum absolute atomic E-state index is 13.4. The van der Waals surface area contributed by atoms with E-state index in [1.807, 2.05) is 0 Å². The lowest BCUT2D eigenvalue weighted by Crippen LogP contribution is -2.41. The second kappa shape index (κ2) is 7.73. The van der Waals surface area contributed by atoms with Crippen LogP contribution in [0.3, 0.4) is 0 Å². The number of hydrogen-bond donors (Lipinski definition) is 0. The zero-order valence-corrected chi connectivity index (χ0v) is 13.9. The molecular weight excluding hydrogens is 353 g/mol. The molecule has 10 heteroatoms. The Balaban J connectivity index is 1.99. The van der Waals surface area contributed by atoms with Crippen molar-refractivity contribution in [3.8, 4) is 5.88 Å². The highest BCUT2D eigenvalue weighted by molar-refractivity contribution is 6.99. The normalized spacial score (nSPS) is 17.0. The van der Waals surface area contributed by atoms with E-state index in [1.165, 1.54) is 0 Å². The SMILES string of the molecule is CCCC(F)(F)CCOc1nsnc1C1=CCCN(C(F)(F)F)C1. The van der Waals surface area contributed by atoms with E-state index in [9.17, 15) is 22.0 Å². The van der Waals surface area contributed by atoms with Gasteiger partial charge in [-0.05, 0) is 12.0 Å². The Hall–Kier alpha value is -1.29. The fraction of sp³-hybridized carbons (Fsp3) is 0.714. The maximum Gasteiger partial charge on any atom is 0.460 e. The van der Waals surface area contributed by atoms with Crippen LogP contribution in [-0.4, -0.2) is 45.6 Å². The van der Waals surface area contributed by atoms with E-state index in [-0.39, 0.29) is 44.1 Å². The average molecular weight is 371 g/mol. The van der Waals surface area contributed by atoms with Crippen molar-refractivity contribution in [2.24, 2.45) is 0 Å². The van der Waals surface area contributed by atoms with Crippen LogP contribution in [0.2, 0.25) is 0 Å². The second-order valence-corrected chi connectivity index (χ2v) is 6.06. The topological polar surface area (TPSA) is 38.3 Å². The first-order chi connectivity index (χ1) is 11.2. The summed E-state index contributed by atoms with van der Waals surface area (Å²) in [4.78, 5) is 0.376. The lowest BCUT2D eigenvalue weighted by Gasteiger charge is -2.28. The van der Waals surface area contributed by atoms with Gasteiger partial charge in [0.1, 0.15) is 5.69 Å². The fourth-order valence-electron chi connectivity index (χ4n) is 2.39. The average Bonchev–Trinajstić information content (AvgIpc) is 2.94. The van der Waals surface area contributed by atoms with Gasteiger partial charge in [0.2, 0.25) is 0 Å². The molecule has 0 saturated heterocycles. The van der Waals surface area contributed by atoms with Crippen LogP contribution in [0.25, 0.3) is 5.57 Å². The summed E-state index contributed by atoms with van der Waals surface area (Å²) in [6, 6.07) is 0. The maximum atomic E-state index is 13.4. The number of aromatic nitrogens is 2. The predicted octanol–water partition coefficient (Wildman–Crippen LogP) is 4.35. The smallest absolute Gasteiger partial charge is 0.460 e. The van der Waals surface area contributed by atoms with Gasteiger partial charge < -0.3 is 4.74 Å². The third-order valence-electron chi connectivity index (χ3n) is 3.59. The van der Waals surface area contributed by atoms with Crippen LogP contribution in [-0.2, 0) is 0 Å². The Morgan fingerprint density at radius 1 is 1.21 bits per heavy atom. The molecule has 0 bridgehead atoms. The minimum Gasteiger partial charge on any atom is -0.475 e. The minimum atomic E-state index is -4.42. The van der Waals surface area contributed by atoms with E-state index in [2.05, 4.69) is 8.75 Å². The van der Waals surface area contributed by atoms with Gasteiger partial charge >= 0.3 is 6.30 Å². The van der Waals surface area contributed by atoms with Crippen LogP contribution in [0, 0.1) is 0 Å². The number of rotatable bonds is 7. The summed E-state index contributed by atoms with van der Waals surface area (Å²) in [5, 5.41) is 0. The fourth-order valence-corrected chi connectivity index (χ4v) is 2.92. The zero-order valence-electron chi connectivity index (χ0n) is 13.1. The Morgan fingerprint density at radius 3 is 2.62 bits per heavy atom. The second-order valence-electron chi connectivity index (χ2n) is 5.53. The van der Waals surface area contributed by atoms with Gasteiger partial charge in [-0.3, -0.25) is 0 Å². The van der Waals surface area contributed by atoms with Crippen molar-refractivity contribution in [2.45, 2.75) is 44.8 Å². The molecule has 0 aliphatic carbocycles. The van der Waals surface area contributed by atoms with Crippen molar-refractivity contribution in [3.05, 3.63) is 11.8 Å². The van der Waals surface area contributed by atoms with Gasteiger partial charge in [-0.25, -0.2) is 13.7 Å². The first kappa shape index (κ1) is 19.0. The molecule has 2 rings (SSSR count). The van der Waals surface area contributed by atoms with Gasteiger partial charge in [0.15, 0.2) is 0 Å². The molecule has 0 spiro atoms. The molecule has 0 N–H and O–H groups in total. The van der Waals surface area contributed by atoms with Crippen LogP contribution in [0.1, 0.15) is 38.3 Å². The Morgan fingerprint density at radius 2 is 1.96 bits per heavy atom. The molecule has 0 amide bonds. The number of hydrogen-bond acceptors (Lipinski definition) is 5. The standard InChI is InChI=1S/C14H18F5N3OS/c1-2-5-13(15,16)6-8-23-12-11(20-24-21-12)10-4-3-7-22(9-10)14(17,18)19/h4H,2-3,5-9H2,1H3. The van der Waals surface area contributed by atoms with Crippen LogP contribution in [0.15, 0.2) is 6.08 Å². The van der Waals surface area contributed by atoms with E-state index in [0.29, 0.717) is 16.9 Å². The molecular formula is C14H18F5N3OS. The van der Waals surface area contributed by atoms with Crippen molar-refractivity contribution < 1.29 is 26.7 Å². The summed E-state index contributed by atoms with van der Waals surface area (Å²) in [7, 11) is 0. The largest absolute Gasteiger partial charge is 0.475 e. The van der Waals surface area contributed by atoms with Crippen LogP contribution in [0.5, 0.6) is 5.88 Å². The van der Waals surface area contributed by atoms with E-state index in [0.717, 1.165) is 11.7 Å². The summed E-state index contributed by atoms with van der Waals surface area (Å²) in [5.41, 5.74) is 0.551. The van der Waals surface area contributed by atoms with Crippen molar-refractivity contribution in [1.82, 2.24) is 13.6 Å². The zero-order chi connectivity index (χ0) is 17.8. The molecule has 1 aromatic rings. The molecule has 2 heterocycles. The van der Waals surface area contributed by atoms with Crippen molar-refractivity contribution in [3.63, 3.8) is 0 Å². The molecule has 1 aliphatic rings. The number of ether oxygens (including phenoxy) is 1. The Bertz CT molecular complexity index is 573. The molecule has 0 unspecified atom stereocenters. The van der Waals surface area contributed by atoms with E-state index >= 15 is 0 Å². The van der Waals surface area contributed by atoms with Crippen LogP contribution >= 0.6 is 11.7 Å². The molecule has 24 heavy (non-hydrogen) atoms. The molecule has 0 aromatic carbocycles. The molecule has 1 aromatic heterocycles. The van der Waals surface area contributed by atoms with Gasteiger partial charge in [0.05, 0.1) is 18.3 Å². The third kappa shape index (κ3) is 5.10. The van der Waals surface area contributed by atoms with Gasteiger partial charge in [0.25, 0.3) is 11.8 Å². The molecule has 136 valence electrons. The summed E-state index contributed by atoms with van der Waals surface area (Å²) >= 11 is 0.784. The lowest BCUT2D eigenvalue weighted by molar-refractivity contribution is -0.241. The van der Waals surface area contributed by atoms with E-state index < -0.39 is 18.6 Å². The van der Waals surface area contributed by atoms with Gasteiger partial charge in [-0.1, -0.05) is 19.4 Å². The molecule has 0 atom stereocenters. The van der Waals surface area contributed by atoms with E-state index in [1.54, 1.807) is 13.0 Å². The highest BCUT2D eigenvalue weighted by Gasteiger charge is 2.39. The molecule has 0 radical (unpaired) electrons. The van der Waals surface area contributed by atoms with Gasteiger partial charge in [-0.15, -0.1) is 4.37 Å². The first-order valence-corrected chi connectivity index (χ1v) is 8.30. The summed E-state index contributed by atoms with van der Waals surface area (Å²) < 4.78 is 78.4. The van der Waals surface area contributed by atoms with Crippen molar-refractivity contribution in [1.29, 1.82) is 0 Å². The molecule has 0 fully saturated rings. The molecule has 4 nitrogen and oxygen atoms in total. The summed E-state index contributed by atoms with van der Waals surface area (Å²) in [6.07, 6.45) is -2.89. The Kier molecular flexibility index (Phi) is 6.13. The highest BCUT2D eigenvalue weighted by Crippen LogP contribution is 2.32. The predicted molar refractivity (Wildman–Crippen MR) is 80.1 cm³/mol. The Labute approximate surface area is 140 Å². The van der Waals surface area contributed by atoms with Gasteiger partial charge in [-0.2, -0.15) is 17.5 Å². The van der Waals surface area contributed by atoms with Gasteiger partial charge in [0, 0.05) is 25.9 Å². The lowest BCUT2D eigenvalue weighted by atomic mass is 10.1. The number of halogens is 5. The quantitative estimate of drug-likeness (QED) is 0.528. The summed E-state index contributed by atoms with van der Waals surface area (Å²) in [6.45, 7) is 0.933. The number of alkyl halides is 5. The minimum absolute atomic E-state index is 0.0163. The first-order valence-electron chi connectivity index (χ1n) is 7.57.